The Labute approximate surface area is 153 Å². The molecule has 0 radical (unpaired) electrons. The van der Waals surface area contributed by atoms with Crippen LogP contribution < -0.4 is 5.32 Å². The van der Waals surface area contributed by atoms with Crippen LogP contribution in [0.1, 0.15) is 47.9 Å². The molecule has 0 saturated heterocycles. The van der Waals surface area contributed by atoms with Gasteiger partial charge < -0.3 is 5.32 Å². The SMILES string of the molecule is O=C(C[C@H](c1ccsc1)n1cnnn1)Nc1nc2c(s1)CCCCC2. The van der Waals surface area contributed by atoms with Crippen LogP contribution in [0.5, 0.6) is 0 Å². The fourth-order valence-electron chi connectivity index (χ4n) is 3.07. The molecule has 1 aliphatic rings. The van der Waals surface area contributed by atoms with Crippen molar-refractivity contribution in [1.29, 1.82) is 0 Å². The van der Waals surface area contributed by atoms with Crippen LogP contribution in [0.3, 0.4) is 0 Å². The lowest BCUT2D eigenvalue weighted by molar-refractivity contribution is -0.116. The van der Waals surface area contributed by atoms with E-state index in [2.05, 4.69) is 25.8 Å². The Morgan fingerprint density at radius 2 is 2.24 bits per heavy atom. The number of nitrogens with zero attached hydrogens (tertiary/aromatic N) is 5. The first-order valence-electron chi connectivity index (χ1n) is 8.32. The first kappa shape index (κ1) is 16.3. The molecule has 4 rings (SSSR count). The van der Waals surface area contributed by atoms with E-state index in [-0.39, 0.29) is 18.4 Å². The largest absolute Gasteiger partial charge is 0.302 e. The van der Waals surface area contributed by atoms with Gasteiger partial charge in [0.25, 0.3) is 0 Å². The zero-order valence-electron chi connectivity index (χ0n) is 13.6. The maximum Gasteiger partial charge on any atom is 0.228 e. The molecule has 1 N–H and O–H groups in total. The molecule has 3 aromatic rings. The Kier molecular flexibility index (Phi) is 4.84. The normalized spacial score (nSPS) is 15.4. The van der Waals surface area contributed by atoms with Crippen LogP contribution in [0, 0.1) is 0 Å². The Balaban J connectivity index is 1.47. The van der Waals surface area contributed by atoms with E-state index in [1.807, 2.05) is 16.8 Å². The summed E-state index contributed by atoms with van der Waals surface area (Å²) < 4.78 is 1.62. The minimum Gasteiger partial charge on any atom is -0.302 e. The third kappa shape index (κ3) is 3.77. The van der Waals surface area contributed by atoms with Gasteiger partial charge in [0.05, 0.1) is 18.2 Å². The molecular weight excluding hydrogens is 356 g/mol. The summed E-state index contributed by atoms with van der Waals surface area (Å²) in [6.07, 6.45) is 7.56. The molecule has 1 aliphatic carbocycles. The summed E-state index contributed by atoms with van der Waals surface area (Å²) in [5.41, 5.74) is 2.19. The highest BCUT2D eigenvalue weighted by Gasteiger charge is 2.21. The molecule has 0 aliphatic heterocycles. The number of rotatable bonds is 5. The van der Waals surface area contributed by atoms with Crippen molar-refractivity contribution in [3.05, 3.63) is 39.3 Å². The van der Waals surface area contributed by atoms with Gasteiger partial charge in [-0.05, 0) is 58.5 Å². The maximum absolute atomic E-state index is 12.6. The number of carbonyl (C=O) groups excluding carboxylic acids is 1. The van der Waals surface area contributed by atoms with E-state index in [0.29, 0.717) is 5.13 Å². The third-order valence-corrected chi connectivity index (χ3v) is 6.11. The van der Waals surface area contributed by atoms with Gasteiger partial charge in [0.2, 0.25) is 5.91 Å². The van der Waals surface area contributed by atoms with E-state index in [1.54, 1.807) is 33.7 Å². The molecule has 130 valence electrons. The number of hydrogen-bond acceptors (Lipinski definition) is 7. The number of thiophene rings is 1. The molecule has 0 fully saturated rings. The molecule has 3 aromatic heterocycles. The molecule has 0 saturated carbocycles. The molecule has 0 aromatic carbocycles. The molecule has 3 heterocycles. The zero-order valence-corrected chi connectivity index (χ0v) is 15.2. The number of nitrogens with one attached hydrogen (secondary N) is 1. The summed E-state index contributed by atoms with van der Waals surface area (Å²) in [6, 6.07) is 1.79. The lowest BCUT2D eigenvalue weighted by Gasteiger charge is -2.14. The first-order valence-corrected chi connectivity index (χ1v) is 10.1. The molecule has 25 heavy (non-hydrogen) atoms. The Hall–Kier alpha value is -2.13. The van der Waals surface area contributed by atoms with Crippen molar-refractivity contribution in [3.63, 3.8) is 0 Å². The van der Waals surface area contributed by atoms with Crippen LogP contribution in [0.15, 0.2) is 23.2 Å². The van der Waals surface area contributed by atoms with Crippen LogP contribution in [0.4, 0.5) is 5.13 Å². The lowest BCUT2D eigenvalue weighted by atomic mass is 10.1. The number of thiazole rings is 1. The van der Waals surface area contributed by atoms with Crippen molar-refractivity contribution in [2.45, 2.75) is 44.6 Å². The summed E-state index contributed by atoms with van der Waals surface area (Å²) in [7, 11) is 0. The second kappa shape index (κ2) is 7.40. The van der Waals surface area contributed by atoms with Crippen molar-refractivity contribution >= 4 is 33.7 Å². The fourth-order valence-corrected chi connectivity index (χ4v) is 4.84. The van der Waals surface area contributed by atoms with Gasteiger partial charge in [-0.3, -0.25) is 4.79 Å². The lowest BCUT2D eigenvalue weighted by Crippen LogP contribution is -2.20. The number of aromatic nitrogens is 5. The monoisotopic (exact) mass is 374 g/mol. The Morgan fingerprint density at radius 1 is 1.32 bits per heavy atom. The number of carbonyl (C=O) groups is 1. The Morgan fingerprint density at radius 3 is 3.04 bits per heavy atom. The molecule has 7 nitrogen and oxygen atoms in total. The number of aryl methyl sites for hydroxylation is 2. The van der Waals surface area contributed by atoms with Gasteiger partial charge in [-0.15, -0.1) is 16.4 Å². The number of amides is 1. The van der Waals surface area contributed by atoms with E-state index in [1.165, 1.54) is 24.1 Å². The summed E-state index contributed by atoms with van der Waals surface area (Å²) in [4.78, 5) is 18.5. The van der Waals surface area contributed by atoms with E-state index < -0.39 is 0 Å². The predicted molar refractivity (Wildman–Crippen MR) is 96.9 cm³/mol. The topological polar surface area (TPSA) is 85.6 Å². The minimum atomic E-state index is -0.209. The van der Waals surface area contributed by atoms with E-state index in [9.17, 15) is 4.79 Å². The van der Waals surface area contributed by atoms with Gasteiger partial charge in [-0.25, -0.2) is 9.67 Å². The highest BCUT2D eigenvalue weighted by atomic mass is 32.1. The van der Waals surface area contributed by atoms with E-state index >= 15 is 0 Å². The molecule has 0 spiro atoms. The van der Waals surface area contributed by atoms with Crippen molar-refractivity contribution < 1.29 is 4.79 Å². The molecule has 1 atom stereocenters. The number of tetrazole rings is 1. The van der Waals surface area contributed by atoms with E-state index in [4.69, 9.17) is 0 Å². The molecular formula is C16H18N6OS2. The van der Waals surface area contributed by atoms with Gasteiger partial charge >= 0.3 is 0 Å². The number of anilines is 1. The molecule has 0 unspecified atom stereocenters. The third-order valence-electron chi connectivity index (χ3n) is 4.33. The van der Waals surface area contributed by atoms with Crippen molar-refractivity contribution in [3.8, 4) is 0 Å². The van der Waals surface area contributed by atoms with Gasteiger partial charge in [0.1, 0.15) is 6.33 Å². The summed E-state index contributed by atoms with van der Waals surface area (Å²) in [5.74, 6) is -0.0735. The van der Waals surface area contributed by atoms with Gasteiger partial charge in [0.15, 0.2) is 5.13 Å². The number of fused-ring (bicyclic) bond motifs is 1. The highest BCUT2D eigenvalue weighted by molar-refractivity contribution is 7.15. The molecule has 1 amide bonds. The van der Waals surface area contributed by atoms with Crippen molar-refractivity contribution in [1.82, 2.24) is 25.2 Å². The average molecular weight is 374 g/mol. The minimum absolute atomic E-state index is 0.0735. The zero-order chi connectivity index (χ0) is 17.1. The van der Waals surface area contributed by atoms with Gasteiger partial charge in [-0.2, -0.15) is 11.3 Å². The first-order chi connectivity index (χ1) is 12.3. The van der Waals surface area contributed by atoms with Crippen molar-refractivity contribution in [2.24, 2.45) is 0 Å². The fraction of sp³-hybridized carbons (Fsp3) is 0.438. The van der Waals surface area contributed by atoms with Crippen molar-refractivity contribution in [2.75, 3.05) is 5.32 Å². The molecule has 9 heteroatoms. The average Bonchev–Trinajstić information content (AvgIpc) is 3.34. The summed E-state index contributed by atoms with van der Waals surface area (Å²) in [6.45, 7) is 0. The van der Waals surface area contributed by atoms with Crippen LogP contribution in [-0.4, -0.2) is 31.1 Å². The second-order valence-corrected chi connectivity index (χ2v) is 7.93. The second-order valence-electron chi connectivity index (χ2n) is 6.06. The quantitative estimate of drug-likeness (QED) is 0.694. The standard InChI is InChI=1S/C16H18N6OS2/c23-15(19-16-18-12-4-2-1-3-5-14(12)25-16)8-13(11-6-7-24-9-11)22-10-17-20-21-22/h6-7,9-10,13H,1-5,8H2,(H,18,19,23)/t13-/m1/s1. The summed E-state index contributed by atoms with van der Waals surface area (Å²) in [5, 5.41) is 19.0. The van der Waals surface area contributed by atoms with Gasteiger partial charge in [0, 0.05) is 4.88 Å². The van der Waals surface area contributed by atoms with Crippen LogP contribution in [0.2, 0.25) is 0 Å². The maximum atomic E-state index is 12.6. The molecule has 0 bridgehead atoms. The Bertz CT molecular complexity index is 769. The van der Waals surface area contributed by atoms with Crippen LogP contribution in [0.25, 0.3) is 0 Å². The van der Waals surface area contributed by atoms with Gasteiger partial charge in [-0.1, -0.05) is 6.42 Å². The van der Waals surface area contributed by atoms with Crippen LogP contribution >= 0.6 is 22.7 Å². The number of hydrogen-bond donors (Lipinski definition) is 1. The smallest absolute Gasteiger partial charge is 0.228 e. The van der Waals surface area contributed by atoms with E-state index in [0.717, 1.165) is 24.1 Å². The predicted octanol–water partition coefficient (Wildman–Crippen LogP) is 3.08. The summed E-state index contributed by atoms with van der Waals surface area (Å²) >= 11 is 3.20. The van der Waals surface area contributed by atoms with Crippen LogP contribution in [-0.2, 0) is 17.6 Å². The highest BCUT2D eigenvalue weighted by Crippen LogP contribution is 2.30.